The van der Waals surface area contributed by atoms with Gasteiger partial charge in [0.05, 0.1) is 5.52 Å². The number of ether oxygens (including phenoxy) is 2. The Morgan fingerprint density at radius 3 is 2.76 bits per heavy atom. The Balaban J connectivity index is 1.66. The van der Waals surface area contributed by atoms with Crippen LogP contribution in [0.5, 0.6) is 11.5 Å². The highest BCUT2D eigenvalue weighted by Gasteiger charge is 2.21. The fraction of sp³-hybridized carbons (Fsp3) is 0.458. The summed E-state index contributed by atoms with van der Waals surface area (Å²) in [5, 5.41) is 4.36. The van der Waals surface area contributed by atoms with Crippen molar-refractivity contribution in [3.63, 3.8) is 0 Å². The van der Waals surface area contributed by atoms with Gasteiger partial charge in [-0.15, -0.1) is 0 Å². The summed E-state index contributed by atoms with van der Waals surface area (Å²) < 4.78 is 13.3. The van der Waals surface area contributed by atoms with Gasteiger partial charge in [-0.1, -0.05) is 32.5 Å². The number of aryl methyl sites for hydroxylation is 1. The van der Waals surface area contributed by atoms with Gasteiger partial charge in [0.1, 0.15) is 11.3 Å². The molecule has 0 unspecified atom stereocenters. The normalized spacial score (nSPS) is 13.1. The van der Waals surface area contributed by atoms with E-state index in [1.54, 1.807) is 24.9 Å². The molecule has 33 heavy (non-hydrogen) atoms. The van der Waals surface area contributed by atoms with E-state index in [0.29, 0.717) is 35.7 Å². The molecule has 0 atom stereocenters. The summed E-state index contributed by atoms with van der Waals surface area (Å²) in [6.07, 6.45) is 2.81. The number of carbonyl (C=O) groups excluding carboxylic acids is 1. The number of ketones is 1. The average Bonchev–Trinajstić information content (AvgIpc) is 3.33. The summed E-state index contributed by atoms with van der Waals surface area (Å²) in [5.41, 5.74) is 9.04. The van der Waals surface area contributed by atoms with E-state index in [9.17, 15) is 4.79 Å². The Morgan fingerprint density at radius 1 is 1.27 bits per heavy atom. The molecular formula is C24H31N5O3S. The minimum absolute atomic E-state index is 0.152. The van der Waals surface area contributed by atoms with Crippen molar-refractivity contribution in [2.24, 2.45) is 5.41 Å². The minimum atomic E-state index is 0.152. The molecule has 0 fully saturated rings. The van der Waals surface area contributed by atoms with E-state index in [1.807, 2.05) is 18.2 Å². The van der Waals surface area contributed by atoms with Crippen molar-refractivity contribution in [2.75, 3.05) is 25.6 Å². The number of nitrogens with two attached hydrogens (primary N) is 1. The van der Waals surface area contributed by atoms with Gasteiger partial charge < -0.3 is 29.9 Å². The molecule has 0 saturated heterocycles. The molecule has 3 N–H and O–H groups in total. The van der Waals surface area contributed by atoms with Gasteiger partial charge in [-0.3, -0.25) is 0 Å². The van der Waals surface area contributed by atoms with E-state index >= 15 is 0 Å². The molecule has 8 nitrogen and oxygen atoms in total. The topological polar surface area (TPSA) is 104 Å². The molecule has 0 radical (unpaired) electrons. The van der Waals surface area contributed by atoms with Crippen LogP contribution >= 0.6 is 11.8 Å². The largest absolute Gasteiger partial charge is 0.454 e. The summed E-state index contributed by atoms with van der Waals surface area (Å²) >= 11 is 1.55. The number of anilines is 1. The van der Waals surface area contributed by atoms with Gasteiger partial charge in [-0.05, 0) is 42.5 Å². The van der Waals surface area contributed by atoms with E-state index < -0.39 is 0 Å². The number of aromatic nitrogens is 3. The number of nitrogens with zero attached hydrogens (tertiary/aromatic N) is 3. The number of nitrogens with one attached hydrogen (secondary N) is 1. The van der Waals surface area contributed by atoms with Gasteiger partial charge >= 0.3 is 0 Å². The summed E-state index contributed by atoms with van der Waals surface area (Å²) in [7, 11) is 0. The lowest BCUT2D eigenvalue weighted by Crippen LogP contribution is -2.29. The monoisotopic (exact) mass is 469 g/mol. The third-order valence-electron chi connectivity index (χ3n) is 5.33. The lowest BCUT2D eigenvalue weighted by molar-refractivity contribution is -0.116. The number of benzene rings is 1. The van der Waals surface area contributed by atoms with Crippen molar-refractivity contribution in [3.8, 4) is 11.5 Å². The summed E-state index contributed by atoms with van der Waals surface area (Å²) in [6, 6.07) is 5.90. The van der Waals surface area contributed by atoms with Crippen molar-refractivity contribution >= 4 is 34.4 Å². The Morgan fingerprint density at radius 2 is 2.03 bits per heavy atom. The van der Waals surface area contributed by atoms with Crippen molar-refractivity contribution in [2.45, 2.75) is 57.1 Å². The van der Waals surface area contributed by atoms with Crippen molar-refractivity contribution < 1.29 is 14.3 Å². The van der Waals surface area contributed by atoms with Crippen LogP contribution < -0.4 is 20.5 Å². The minimum Gasteiger partial charge on any atom is -0.454 e. The Hall–Kier alpha value is -2.78. The number of hydrogen-bond acceptors (Lipinski definition) is 8. The molecule has 176 valence electrons. The first-order valence-electron chi connectivity index (χ1n) is 11.1. The predicted molar refractivity (Wildman–Crippen MR) is 130 cm³/mol. The molecule has 0 amide bonds. The number of fused-ring (bicyclic) bond motifs is 2. The number of hydrogen-bond donors (Lipinski definition) is 2. The predicted octanol–water partition coefficient (Wildman–Crippen LogP) is 4.05. The van der Waals surface area contributed by atoms with E-state index in [-0.39, 0.29) is 18.0 Å². The molecule has 1 aromatic carbocycles. The fourth-order valence-corrected chi connectivity index (χ4v) is 4.76. The summed E-state index contributed by atoms with van der Waals surface area (Å²) in [6.45, 7) is 10.9. The van der Waals surface area contributed by atoms with Gasteiger partial charge in [-0.2, -0.15) is 0 Å². The van der Waals surface area contributed by atoms with Crippen LogP contribution in [0, 0.1) is 5.41 Å². The standard InChI is InChI=1S/C24H31N5O3S/c1-15(30)5-6-16-11-18-19(32-14-31-18)12-20(16)33-23-28-21-17(7-8-27-22(21)25)29(23)10-9-26-13-24(2,3)4/h7-8,11-12,26H,5-6,9-10,13-14H2,1-4H3,(H2,25,27). The lowest BCUT2D eigenvalue weighted by atomic mass is 9.97. The van der Waals surface area contributed by atoms with Gasteiger partial charge in [0.15, 0.2) is 22.5 Å². The lowest BCUT2D eigenvalue weighted by Gasteiger charge is -2.19. The molecule has 1 aliphatic rings. The summed E-state index contributed by atoms with van der Waals surface area (Å²) in [5.74, 6) is 1.99. The molecule has 2 aromatic heterocycles. The van der Waals surface area contributed by atoms with Crippen LogP contribution in [0.4, 0.5) is 5.82 Å². The Labute approximate surface area is 198 Å². The molecule has 0 spiro atoms. The second-order valence-electron chi connectivity index (χ2n) is 9.46. The van der Waals surface area contributed by atoms with Crippen LogP contribution in [0.2, 0.25) is 0 Å². The van der Waals surface area contributed by atoms with Crippen molar-refractivity contribution in [1.82, 2.24) is 19.9 Å². The van der Waals surface area contributed by atoms with Gasteiger partial charge in [-0.25, -0.2) is 9.97 Å². The van der Waals surface area contributed by atoms with Gasteiger partial charge in [0.25, 0.3) is 0 Å². The van der Waals surface area contributed by atoms with Crippen LogP contribution in [0.25, 0.3) is 11.0 Å². The SMILES string of the molecule is CC(=O)CCc1cc2c(cc1Sc1nc3c(N)nccc3n1CCNCC(C)(C)C)OCO2. The zero-order chi connectivity index (χ0) is 23.6. The van der Waals surface area contributed by atoms with Crippen molar-refractivity contribution in [1.29, 1.82) is 0 Å². The third kappa shape index (κ3) is 5.59. The molecular weight excluding hydrogens is 438 g/mol. The molecule has 0 bridgehead atoms. The van der Waals surface area contributed by atoms with Gasteiger partial charge in [0, 0.05) is 37.1 Å². The number of rotatable bonds is 9. The van der Waals surface area contributed by atoms with E-state index in [4.69, 9.17) is 20.2 Å². The molecule has 1 aliphatic heterocycles. The van der Waals surface area contributed by atoms with Crippen LogP contribution in [-0.4, -0.2) is 40.2 Å². The number of Topliss-reactive ketones (excluding diaryl/α,β-unsaturated/α-hetero) is 1. The number of pyridine rings is 1. The van der Waals surface area contributed by atoms with Crippen LogP contribution in [0.15, 0.2) is 34.4 Å². The smallest absolute Gasteiger partial charge is 0.231 e. The second-order valence-corrected chi connectivity index (χ2v) is 10.5. The Kier molecular flexibility index (Phi) is 6.81. The van der Waals surface area contributed by atoms with Gasteiger partial charge in [0.2, 0.25) is 6.79 Å². The average molecular weight is 470 g/mol. The van der Waals surface area contributed by atoms with Crippen LogP contribution in [0.1, 0.15) is 39.7 Å². The zero-order valence-electron chi connectivity index (χ0n) is 19.6. The number of imidazole rings is 1. The maximum absolute atomic E-state index is 11.6. The highest BCUT2D eigenvalue weighted by molar-refractivity contribution is 7.99. The summed E-state index contributed by atoms with van der Waals surface area (Å²) in [4.78, 5) is 21.7. The fourth-order valence-electron chi connectivity index (χ4n) is 3.66. The van der Waals surface area contributed by atoms with E-state index in [0.717, 1.165) is 40.8 Å². The first-order chi connectivity index (χ1) is 15.7. The maximum atomic E-state index is 11.6. The highest BCUT2D eigenvalue weighted by atomic mass is 32.2. The quantitative estimate of drug-likeness (QED) is 0.452. The molecule has 3 aromatic rings. The molecule has 4 rings (SSSR count). The van der Waals surface area contributed by atoms with E-state index in [1.165, 1.54) is 0 Å². The maximum Gasteiger partial charge on any atom is 0.231 e. The third-order valence-corrected chi connectivity index (χ3v) is 6.43. The second kappa shape index (κ2) is 9.61. The molecule has 0 saturated carbocycles. The zero-order valence-corrected chi connectivity index (χ0v) is 20.4. The first kappa shape index (κ1) is 23.4. The van der Waals surface area contributed by atoms with E-state index in [2.05, 4.69) is 35.6 Å². The highest BCUT2D eigenvalue weighted by Crippen LogP contribution is 2.41. The Bertz CT molecular complexity index is 1170. The molecule has 0 aliphatic carbocycles. The number of nitrogen functional groups attached to an aromatic ring is 1. The van der Waals surface area contributed by atoms with Crippen molar-refractivity contribution in [3.05, 3.63) is 30.0 Å². The number of carbonyl (C=O) groups is 1. The molecule has 9 heteroatoms. The molecule has 3 heterocycles. The van der Waals surface area contributed by atoms with Crippen LogP contribution in [-0.2, 0) is 17.8 Å². The van der Waals surface area contributed by atoms with Crippen LogP contribution in [0.3, 0.4) is 0 Å². The first-order valence-corrected chi connectivity index (χ1v) is 11.9.